The number of rotatable bonds is 4. The quantitative estimate of drug-likeness (QED) is 0.622. The van der Waals surface area contributed by atoms with Gasteiger partial charge >= 0.3 is 0 Å². The summed E-state index contributed by atoms with van der Waals surface area (Å²) in [5.74, 6) is -0.335. The van der Waals surface area contributed by atoms with Crippen LogP contribution in [0.1, 0.15) is 20.7 Å². The number of anilines is 2. The maximum Gasteiger partial charge on any atom is 0.256 e. The number of benzene rings is 2. The Labute approximate surface area is 181 Å². The number of thiazole rings is 1. The van der Waals surface area contributed by atoms with Crippen LogP contribution in [0.3, 0.4) is 0 Å². The van der Waals surface area contributed by atoms with Gasteiger partial charge < -0.3 is 15.1 Å². The number of hydrogen-bond acceptors (Lipinski definition) is 5. The number of amides is 2. The van der Waals surface area contributed by atoms with E-state index in [4.69, 9.17) is 0 Å². The molecule has 0 spiro atoms. The van der Waals surface area contributed by atoms with Crippen molar-refractivity contribution in [2.75, 3.05) is 36.4 Å². The van der Waals surface area contributed by atoms with E-state index in [1.54, 1.807) is 41.8 Å². The van der Waals surface area contributed by atoms with E-state index in [1.807, 2.05) is 34.5 Å². The summed E-state index contributed by atoms with van der Waals surface area (Å²) in [4.78, 5) is 34.2. The third-order valence-electron chi connectivity index (χ3n) is 4.78. The van der Waals surface area contributed by atoms with Crippen molar-refractivity contribution < 1.29 is 9.59 Å². The molecule has 8 heteroatoms. The Hall–Kier alpha value is -2.71. The Morgan fingerprint density at radius 3 is 2.34 bits per heavy atom. The standard InChI is InChI=1S/C21H19BrN4O2S/c22-17-7-3-1-5-15(17)19(27)24-18-8-4-2-6-16(18)20(28)25-10-12-26(13-11-25)21-23-9-14-29-21/h1-9,14H,10-13H2,(H,24,27). The van der Waals surface area contributed by atoms with Crippen molar-refractivity contribution in [2.24, 2.45) is 0 Å². The van der Waals surface area contributed by atoms with Crippen LogP contribution >= 0.6 is 27.3 Å². The molecule has 0 unspecified atom stereocenters. The highest BCUT2D eigenvalue weighted by molar-refractivity contribution is 9.10. The van der Waals surface area contributed by atoms with E-state index in [-0.39, 0.29) is 11.8 Å². The van der Waals surface area contributed by atoms with Crippen molar-refractivity contribution in [1.82, 2.24) is 9.88 Å². The van der Waals surface area contributed by atoms with Gasteiger partial charge in [-0.25, -0.2) is 4.98 Å². The van der Waals surface area contributed by atoms with E-state index in [9.17, 15) is 9.59 Å². The van der Waals surface area contributed by atoms with Crippen molar-refractivity contribution in [1.29, 1.82) is 0 Å². The minimum Gasteiger partial charge on any atom is -0.345 e. The van der Waals surface area contributed by atoms with Crippen LogP contribution in [0.5, 0.6) is 0 Å². The Morgan fingerprint density at radius 2 is 1.66 bits per heavy atom. The molecule has 148 valence electrons. The highest BCUT2D eigenvalue weighted by Crippen LogP contribution is 2.23. The lowest BCUT2D eigenvalue weighted by molar-refractivity contribution is 0.0748. The topological polar surface area (TPSA) is 65.5 Å². The second kappa shape index (κ2) is 8.75. The fourth-order valence-corrected chi connectivity index (χ4v) is 4.42. The molecule has 2 amide bonds. The summed E-state index contributed by atoms with van der Waals surface area (Å²) < 4.78 is 0.708. The zero-order chi connectivity index (χ0) is 20.2. The minimum atomic E-state index is -0.258. The molecule has 0 saturated carbocycles. The third kappa shape index (κ3) is 4.33. The number of carbonyl (C=O) groups is 2. The van der Waals surface area contributed by atoms with Gasteiger partial charge in [-0.3, -0.25) is 9.59 Å². The average molecular weight is 471 g/mol. The highest BCUT2D eigenvalue weighted by Gasteiger charge is 2.25. The van der Waals surface area contributed by atoms with E-state index in [2.05, 4.69) is 31.1 Å². The lowest BCUT2D eigenvalue weighted by Gasteiger charge is -2.34. The lowest BCUT2D eigenvalue weighted by Crippen LogP contribution is -2.48. The van der Waals surface area contributed by atoms with Crippen molar-refractivity contribution in [3.63, 3.8) is 0 Å². The molecule has 6 nitrogen and oxygen atoms in total. The maximum absolute atomic E-state index is 13.1. The van der Waals surface area contributed by atoms with Gasteiger partial charge in [-0.15, -0.1) is 11.3 Å². The highest BCUT2D eigenvalue weighted by atomic mass is 79.9. The number of aromatic nitrogens is 1. The smallest absolute Gasteiger partial charge is 0.256 e. The molecule has 0 aliphatic carbocycles. The molecule has 1 aromatic heterocycles. The average Bonchev–Trinajstić information content (AvgIpc) is 3.29. The van der Waals surface area contributed by atoms with Crippen LogP contribution in [0.15, 0.2) is 64.6 Å². The first-order chi connectivity index (χ1) is 14.1. The van der Waals surface area contributed by atoms with Crippen LogP contribution in [-0.2, 0) is 0 Å². The van der Waals surface area contributed by atoms with Gasteiger partial charge in [0.1, 0.15) is 0 Å². The molecular weight excluding hydrogens is 452 g/mol. The molecule has 1 fully saturated rings. The number of nitrogens with zero attached hydrogens (tertiary/aromatic N) is 3. The molecular formula is C21H19BrN4O2S. The molecule has 2 heterocycles. The Kier molecular flexibility index (Phi) is 5.92. The molecule has 1 saturated heterocycles. The molecule has 0 bridgehead atoms. The SMILES string of the molecule is O=C(Nc1ccccc1C(=O)N1CCN(c2nccs2)CC1)c1ccccc1Br. The van der Waals surface area contributed by atoms with Gasteiger partial charge in [-0.2, -0.15) is 0 Å². The Morgan fingerprint density at radius 1 is 0.966 bits per heavy atom. The summed E-state index contributed by atoms with van der Waals surface area (Å²) in [6.45, 7) is 2.71. The van der Waals surface area contributed by atoms with E-state index in [1.165, 1.54) is 0 Å². The van der Waals surface area contributed by atoms with Crippen molar-refractivity contribution >= 4 is 49.9 Å². The fourth-order valence-electron chi connectivity index (χ4n) is 3.26. The fraction of sp³-hybridized carbons (Fsp3) is 0.190. The third-order valence-corrected chi connectivity index (χ3v) is 6.30. The molecule has 1 aliphatic rings. The summed E-state index contributed by atoms with van der Waals surface area (Å²) in [6, 6.07) is 14.3. The number of para-hydroxylation sites is 1. The van der Waals surface area contributed by atoms with Gasteiger partial charge in [0.05, 0.1) is 16.8 Å². The van der Waals surface area contributed by atoms with Crippen molar-refractivity contribution in [3.05, 3.63) is 75.7 Å². The molecule has 4 rings (SSSR count). The Balaban J connectivity index is 1.47. The second-order valence-corrected chi connectivity index (χ2v) is 8.30. The van der Waals surface area contributed by atoms with Gasteiger partial charge in [0.15, 0.2) is 5.13 Å². The van der Waals surface area contributed by atoms with Crippen molar-refractivity contribution in [2.45, 2.75) is 0 Å². The first-order valence-electron chi connectivity index (χ1n) is 9.22. The predicted octanol–water partition coefficient (Wildman–Crippen LogP) is 4.12. The number of nitrogens with one attached hydrogen (secondary N) is 1. The molecule has 0 atom stereocenters. The largest absolute Gasteiger partial charge is 0.345 e. The number of piperazine rings is 1. The summed E-state index contributed by atoms with van der Waals surface area (Å²) in [5.41, 5.74) is 1.53. The van der Waals surface area contributed by atoms with Gasteiger partial charge in [-0.05, 0) is 40.2 Å². The summed E-state index contributed by atoms with van der Waals surface area (Å²) in [7, 11) is 0. The van der Waals surface area contributed by atoms with Gasteiger partial charge in [-0.1, -0.05) is 24.3 Å². The summed E-state index contributed by atoms with van der Waals surface area (Å²) >= 11 is 5.00. The van der Waals surface area contributed by atoms with Crippen LogP contribution in [0.4, 0.5) is 10.8 Å². The Bertz CT molecular complexity index is 1020. The second-order valence-electron chi connectivity index (χ2n) is 6.57. The molecule has 0 radical (unpaired) electrons. The van der Waals surface area contributed by atoms with Crippen LogP contribution < -0.4 is 10.2 Å². The molecule has 3 aromatic rings. The van der Waals surface area contributed by atoms with E-state index in [0.717, 1.165) is 18.2 Å². The van der Waals surface area contributed by atoms with Crippen LogP contribution in [-0.4, -0.2) is 47.9 Å². The monoisotopic (exact) mass is 470 g/mol. The first kappa shape index (κ1) is 19.6. The zero-order valence-electron chi connectivity index (χ0n) is 15.5. The number of hydrogen-bond donors (Lipinski definition) is 1. The maximum atomic E-state index is 13.1. The van der Waals surface area contributed by atoms with Crippen LogP contribution in [0.25, 0.3) is 0 Å². The molecule has 1 aliphatic heterocycles. The lowest BCUT2D eigenvalue weighted by atomic mass is 10.1. The van der Waals surface area contributed by atoms with E-state index >= 15 is 0 Å². The summed E-state index contributed by atoms with van der Waals surface area (Å²) in [6.07, 6.45) is 1.79. The molecule has 2 aromatic carbocycles. The first-order valence-corrected chi connectivity index (χ1v) is 10.9. The normalized spacial score (nSPS) is 14.0. The van der Waals surface area contributed by atoms with Crippen molar-refractivity contribution in [3.8, 4) is 0 Å². The van der Waals surface area contributed by atoms with Gasteiger partial charge in [0, 0.05) is 42.2 Å². The van der Waals surface area contributed by atoms with Crippen LogP contribution in [0.2, 0.25) is 0 Å². The predicted molar refractivity (Wildman–Crippen MR) is 119 cm³/mol. The molecule has 29 heavy (non-hydrogen) atoms. The van der Waals surface area contributed by atoms with E-state index in [0.29, 0.717) is 34.4 Å². The van der Waals surface area contributed by atoms with Gasteiger partial charge in [0.25, 0.3) is 11.8 Å². The number of halogens is 1. The molecule has 1 N–H and O–H groups in total. The summed E-state index contributed by atoms with van der Waals surface area (Å²) in [5, 5.41) is 5.82. The van der Waals surface area contributed by atoms with Crippen LogP contribution in [0, 0.1) is 0 Å². The number of carbonyl (C=O) groups excluding carboxylic acids is 2. The minimum absolute atomic E-state index is 0.0770. The van der Waals surface area contributed by atoms with Gasteiger partial charge in [0.2, 0.25) is 0 Å². The zero-order valence-corrected chi connectivity index (χ0v) is 17.9. The van der Waals surface area contributed by atoms with E-state index < -0.39 is 0 Å².